The molecule has 1 aliphatic carbocycles. The van der Waals surface area contributed by atoms with E-state index in [1.165, 1.54) is 4.88 Å². The van der Waals surface area contributed by atoms with Gasteiger partial charge in [0.1, 0.15) is 0 Å². The van der Waals surface area contributed by atoms with Crippen LogP contribution in [0.2, 0.25) is 0 Å². The molecule has 0 bridgehead atoms. The molecule has 2 aliphatic rings. The Bertz CT molecular complexity index is 553. The molecule has 2 atom stereocenters. The highest BCUT2D eigenvalue weighted by atomic mass is 32.1. The third-order valence-corrected chi connectivity index (χ3v) is 5.77. The van der Waals surface area contributed by atoms with Crippen LogP contribution in [0.25, 0.3) is 0 Å². The van der Waals surface area contributed by atoms with E-state index in [1.807, 2.05) is 19.1 Å². The van der Waals surface area contributed by atoms with E-state index in [9.17, 15) is 14.7 Å². The summed E-state index contributed by atoms with van der Waals surface area (Å²) in [4.78, 5) is 28.0. The van der Waals surface area contributed by atoms with Gasteiger partial charge in [0.25, 0.3) is 0 Å². The Morgan fingerprint density at radius 1 is 1.50 bits per heavy atom. The average molecular weight is 293 g/mol. The monoisotopic (exact) mass is 293 g/mol. The first kappa shape index (κ1) is 13.6. The van der Waals surface area contributed by atoms with Crippen molar-refractivity contribution in [3.8, 4) is 0 Å². The maximum Gasteiger partial charge on any atom is 0.311 e. The Kier molecular flexibility index (Phi) is 3.32. The summed E-state index contributed by atoms with van der Waals surface area (Å²) in [5, 5.41) is 9.53. The largest absolute Gasteiger partial charge is 0.481 e. The number of carbonyl (C=O) groups is 2. The summed E-state index contributed by atoms with van der Waals surface area (Å²) in [7, 11) is 0. The van der Waals surface area contributed by atoms with Crippen LogP contribution < -0.4 is 0 Å². The standard InChI is InChI=1S/C15H19NO3S/c1-10-4-5-12(20-10)7-13(17)16-8-11-3-2-6-15(11,9-16)14(18)19/h4-5,11H,2-3,6-9H2,1H3,(H,18,19)/t11-,15+/m0/s1. The first-order valence-corrected chi connectivity index (χ1v) is 7.89. The number of hydrogen-bond donors (Lipinski definition) is 1. The number of amides is 1. The van der Waals surface area contributed by atoms with Crippen LogP contribution in [0.4, 0.5) is 0 Å². The zero-order chi connectivity index (χ0) is 14.3. The zero-order valence-corrected chi connectivity index (χ0v) is 12.4. The highest BCUT2D eigenvalue weighted by Crippen LogP contribution is 2.48. The second kappa shape index (κ2) is 4.88. The van der Waals surface area contributed by atoms with Gasteiger partial charge in [-0.05, 0) is 37.8 Å². The number of hydrogen-bond acceptors (Lipinski definition) is 3. The molecule has 1 aromatic rings. The number of likely N-dealkylation sites (tertiary alicyclic amines) is 1. The van der Waals surface area contributed by atoms with Gasteiger partial charge in [-0.15, -0.1) is 11.3 Å². The molecule has 1 saturated carbocycles. The van der Waals surface area contributed by atoms with Crippen molar-refractivity contribution in [3.63, 3.8) is 0 Å². The highest BCUT2D eigenvalue weighted by Gasteiger charge is 2.55. The van der Waals surface area contributed by atoms with Gasteiger partial charge in [0.2, 0.25) is 5.91 Å². The minimum absolute atomic E-state index is 0.0712. The number of aliphatic carboxylic acids is 1. The van der Waals surface area contributed by atoms with Gasteiger partial charge < -0.3 is 10.0 Å². The van der Waals surface area contributed by atoms with Gasteiger partial charge in [0.15, 0.2) is 0 Å². The van der Waals surface area contributed by atoms with Crippen molar-refractivity contribution < 1.29 is 14.7 Å². The number of carboxylic acid groups (broad SMARTS) is 1. The third-order valence-electron chi connectivity index (χ3n) is 4.77. The zero-order valence-electron chi connectivity index (χ0n) is 11.6. The second-order valence-corrected chi connectivity index (χ2v) is 7.39. The van der Waals surface area contributed by atoms with Crippen molar-refractivity contribution in [2.75, 3.05) is 13.1 Å². The molecule has 5 heteroatoms. The molecule has 2 fully saturated rings. The fourth-order valence-electron chi connectivity index (χ4n) is 3.67. The molecule has 1 amide bonds. The Morgan fingerprint density at radius 2 is 2.30 bits per heavy atom. The fourth-order valence-corrected chi connectivity index (χ4v) is 4.55. The number of rotatable bonds is 3. The summed E-state index contributed by atoms with van der Waals surface area (Å²) in [6, 6.07) is 4.01. The molecule has 1 aromatic heterocycles. The maximum atomic E-state index is 12.4. The summed E-state index contributed by atoms with van der Waals surface area (Å²) in [6.45, 7) is 3.05. The van der Waals surface area contributed by atoms with E-state index in [1.54, 1.807) is 16.2 Å². The molecule has 0 radical (unpaired) electrons. The van der Waals surface area contributed by atoms with E-state index in [0.29, 0.717) is 19.5 Å². The summed E-state index contributed by atoms with van der Waals surface area (Å²) in [5.74, 6) is -0.502. The van der Waals surface area contributed by atoms with Gasteiger partial charge in [-0.2, -0.15) is 0 Å². The van der Waals surface area contributed by atoms with Crippen LogP contribution in [0.1, 0.15) is 29.0 Å². The number of fused-ring (bicyclic) bond motifs is 1. The quantitative estimate of drug-likeness (QED) is 0.930. The molecule has 3 rings (SSSR count). The number of aryl methyl sites for hydroxylation is 1. The van der Waals surface area contributed by atoms with Crippen LogP contribution in [0.5, 0.6) is 0 Å². The lowest BCUT2D eigenvalue weighted by molar-refractivity contribution is -0.149. The Balaban J connectivity index is 1.70. The molecular weight excluding hydrogens is 274 g/mol. The molecule has 20 heavy (non-hydrogen) atoms. The molecule has 1 aliphatic heterocycles. The van der Waals surface area contributed by atoms with Crippen molar-refractivity contribution in [2.45, 2.75) is 32.6 Å². The average Bonchev–Trinajstić information content (AvgIpc) is 3.02. The normalized spacial score (nSPS) is 28.6. The Hall–Kier alpha value is -1.36. The first-order valence-electron chi connectivity index (χ1n) is 7.08. The summed E-state index contributed by atoms with van der Waals surface area (Å²) >= 11 is 1.64. The second-order valence-electron chi connectivity index (χ2n) is 6.01. The number of carbonyl (C=O) groups excluding carboxylic acids is 1. The topological polar surface area (TPSA) is 57.6 Å². The predicted octanol–water partition coefficient (Wildman–Crippen LogP) is 2.31. The fraction of sp³-hybridized carbons (Fsp3) is 0.600. The third kappa shape index (κ3) is 2.14. The lowest BCUT2D eigenvalue weighted by atomic mass is 9.81. The van der Waals surface area contributed by atoms with Gasteiger partial charge >= 0.3 is 5.97 Å². The number of carboxylic acids is 1. The Morgan fingerprint density at radius 3 is 2.90 bits per heavy atom. The van der Waals surface area contributed by atoms with E-state index in [-0.39, 0.29) is 11.8 Å². The van der Waals surface area contributed by atoms with Crippen LogP contribution in [-0.2, 0) is 16.0 Å². The van der Waals surface area contributed by atoms with E-state index >= 15 is 0 Å². The van der Waals surface area contributed by atoms with E-state index in [0.717, 1.165) is 24.1 Å². The molecule has 0 unspecified atom stereocenters. The van der Waals surface area contributed by atoms with Crippen LogP contribution in [0.3, 0.4) is 0 Å². The van der Waals surface area contributed by atoms with Gasteiger partial charge in [-0.1, -0.05) is 6.42 Å². The van der Waals surface area contributed by atoms with Crippen molar-refractivity contribution in [3.05, 3.63) is 21.9 Å². The van der Waals surface area contributed by atoms with E-state index in [2.05, 4.69) is 0 Å². The smallest absolute Gasteiger partial charge is 0.311 e. The van der Waals surface area contributed by atoms with Gasteiger partial charge in [0, 0.05) is 22.8 Å². The van der Waals surface area contributed by atoms with Crippen LogP contribution in [0, 0.1) is 18.3 Å². The Labute approximate surface area is 122 Å². The van der Waals surface area contributed by atoms with Crippen LogP contribution >= 0.6 is 11.3 Å². The van der Waals surface area contributed by atoms with Crippen molar-refractivity contribution in [2.24, 2.45) is 11.3 Å². The molecule has 1 N–H and O–H groups in total. The lowest BCUT2D eigenvalue weighted by Gasteiger charge is -2.23. The summed E-state index contributed by atoms with van der Waals surface area (Å²) in [6.07, 6.45) is 3.03. The molecule has 2 heterocycles. The van der Waals surface area contributed by atoms with Crippen LogP contribution in [0.15, 0.2) is 12.1 Å². The summed E-state index contributed by atoms with van der Waals surface area (Å²) in [5.41, 5.74) is -0.666. The van der Waals surface area contributed by atoms with E-state index in [4.69, 9.17) is 0 Å². The maximum absolute atomic E-state index is 12.4. The van der Waals surface area contributed by atoms with Crippen molar-refractivity contribution in [1.82, 2.24) is 4.90 Å². The van der Waals surface area contributed by atoms with Crippen molar-refractivity contribution >= 4 is 23.2 Å². The molecule has 1 saturated heterocycles. The van der Waals surface area contributed by atoms with Crippen LogP contribution in [-0.4, -0.2) is 35.0 Å². The SMILES string of the molecule is Cc1ccc(CC(=O)N2C[C@@H]3CCC[C@@]3(C(=O)O)C2)s1. The molecular formula is C15H19NO3S. The van der Waals surface area contributed by atoms with Crippen molar-refractivity contribution in [1.29, 1.82) is 0 Å². The summed E-state index contributed by atoms with van der Waals surface area (Å²) < 4.78 is 0. The minimum Gasteiger partial charge on any atom is -0.481 e. The van der Waals surface area contributed by atoms with Gasteiger partial charge in [-0.25, -0.2) is 0 Å². The number of nitrogens with zero attached hydrogens (tertiary/aromatic N) is 1. The molecule has 0 spiro atoms. The predicted molar refractivity (Wildman–Crippen MR) is 76.7 cm³/mol. The minimum atomic E-state index is -0.720. The first-order chi connectivity index (χ1) is 9.51. The number of thiophene rings is 1. The molecule has 4 nitrogen and oxygen atoms in total. The lowest BCUT2D eigenvalue weighted by Crippen LogP contribution is -2.37. The molecule has 108 valence electrons. The van der Waals surface area contributed by atoms with Gasteiger partial charge in [-0.3, -0.25) is 9.59 Å². The van der Waals surface area contributed by atoms with Gasteiger partial charge in [0.05, 0.1) is 11.8 Å². The van der Waals surface area contributed by atoms with E-state index < -0.39 is 11.4 Å². The molecule has 0 aromatic carbocycles. The highest BCUT2D eigenvalue weighted by molar-refractivity contribution is 7.12.